The SMILES string of the molecule is CC(C)n1cnc(C(=O)N2CCCNC(=O)C2Cc2ccccc2)c1. The van der Waals surface area contributed by atoms with Gasteiger partial charge in [-0.05, 0) is 25.8 Å². The molecule has 1 saturated heterocycles. The first kappa shape index (κ1) is 17.2. The Bertz CT molecular complexity index is 739. The molecule has 2 amide bonds. The van der Waals surface area contributed by atoms with Crippen LogP contribution in [0.1, 0.15) is 42.4 Å². The summed E-state index contributed by atoms with van der Waals surface area (Å²) in [6.45, 7) is 5.21. The molecule has 1 aliphatic rings. The van der Waals surface area contributed by atoms with E-state index in [1.807, 2.05) is 48.7 Å². The lowest BCUT2D eigenvalue weighted by molar-refractivity contribution is -0.124. The van der Waals surface area contributed by atoms with E-state index in [1.54, 1.807) is 17.4 Å². The maximum Gasteiger partial charge on any atom is 0.274 e. The zero-order valence-electron chi connectivity index (χ0n) is 14.7. The second-order valence-corrected chi connectivity index (χ2v) is 6.65. The third-order valence-electron chi connectivity index (χ3n) is 4.50. The lowest BCUT2D eigenvalue weighted by Crippen LogP contribution is -2.48. The first-order valence-electron chi connectivity index (χ1n) is 8.72. The molecule has 2 heterocycles. The number of benzene rings is 1. The van der Waals surface area contributed by atoms with Gasteiger partial charge in [0.15, 0.2) is 0 Å². The van der Waals surface area contributed by atoms with Gasteiger partial charge in [0.25, 0.3) is 5.91 Å². The summed E-state index contributed by atoms with van der Waals surface area (Å²) in [5.41, 5.74) is 1.43. The highest BCUT2D eigenvalue weighted by atomic mass is 16.2. The monoisotopic (exact) mass is 340 g/mol. The molecule has 1 aromatic heterocycles. The topological polar surface area (TPSA) is 67.2 Å². The summed E-state index contributed by atoms with van der Waals surface area (Å²) in [5.74, 6) is -0.282. The van der Waals surface area contributed by atoms with Crippen molar-refractivity contribution in [2.75, 3.05) is 13.1 Å². The first-order chi connectivity index (χ1) is 12.1. The molecule has 1 aromatic carbocycles. The summed E-state index contributed by atoms with van der Waals surface area (Å²) in [6.07, 6.45) is 4.67. The molecule has 3 rings (SSSR count). The highest BCUT2D eigenvalue weighted by molar-refractivity contribution is 5.96. The van der Waals surface area contributed by atoms with Crippen LogP contribution in [0.15, 0.2) is 42.9 Å². The van der Waals surface area contributed by atoms with Crippen molar-refractivity contribution in [1.82, 2.24) is 19.8 Å². The molecule has 2 aromatic rings. The van der Waals surface area contributed by atoms with Crippen molar-refractivity contribution in [2.45, 2.75) is 38.8 Å². The largest absolute Gasteiger partial charge is 0.354 e. The quantitative estimate of drug-likeness (QED) is 0.926. The molecule has 1 unspecified atom stereocenters. The molecule has 6 nitrogen and oxygen atoms in total. The summed E-state index contributed by atoms with van der Waals surface area (Å²) in [6, 6.07) is 9.52. The van der Waals surface area contributed by atoms with Gasteiger partial charge in [-0.3, -0.25) is 9.59 Å². The molecule has 0 aliphatic carbocycles. The fraction of sp³-hybridized carbons (Fsp3) is 0.421. The Kier molecular flexibility index (Phi) is 5.16. The number of nitrogens with one attached hydrogen (secondary N) is 1. The van der Waals surface area contributed by atoms with Crippen molar-refractivity contribution in [3.05, 3.63) is 54.1 Å². The van der Waals surface area contributed by atoms with E-state index in [-0.39, 0.29) is 17.9 Å². The van der Waals surface area contributed by atoms with E-state index in [4.69, 9.17) is 0 Å². The molecule has 0 spiro atoms. The zero-order valence-corrected chi connectivity index (χ0v) is 14.7. The maximum atomic E-state index is 13.0. The van der Waals surface area contributed by atoms with Gasteiger partial charge in [0.05, 0.1) is 6.33 Å². The first-order valence-corrected chi connectivity index (χ1v) is 8.72. The fourth-order valence-corrected chi connectivity index (χ4v) is 3.04. The number of amides is 2. The molecule has 1 N–H and O–H groups in total. The lowest BCUT2D eigenvalue weighted by atomic mass is 10.0. The van der Waals surface area contributed by atoms with Crippen LogP contribution < -0.4 is 5.32 Å². The van der Waals surface area contributed by atoms with Crippen molar-refractivity contribution in [3.8, 4) is 0 Å². The number of carbonyl (C=O) groups excluding carboxylic acids is 2. The third-order valence-corrected chi connectivity index (χ3v) is 4.50. The van der Waals surface area contributed by atoms with Crippen molar-refractivity contribution in [2.24, 2.45) is 0 Å². The molecule has 1 atom stereocenters. The average Bonchev–Trinajstić information content (AvgIpc) is 3.04. The number of aromatic nitrogens is 2. The van der Waals surface area contributed by atoms with Gasteiger partial charge in [0.1, 0.15) is 11.7 Å². The van der Waals surface area contributed by atoms with E-state index < -0.39 is 6.04 Å². The number of carbonyl (C=O) groups is 2. The number of rotatable bonds is 4. The van der Waals surface area contributed by atoms with Gasteiger partial charge in [0, 0.05) is 31.7 Å². The van der Waals surface area contributed by atoms with Crippen LogP contribution in [0.2, 0.25) is 0 Å². The van der Waals surface area contributed by atoms with Crippen LogP contribution >= 0.6 is 0 Å². The summed E-state index contributed by atoms with van der Waals surface area (Å²) < 4.78 is 1.90. The van der Waals surface area contributed by atoms with E-state index in [0.29, 0.717) is 25.2 Å². The van der Waals surface area contributed by atoms with Gasteiger partial charge in [0.2, 0.25) is 5.91 Å². The lowest BCUT2D eigenvalue weighted by Gasteiger charge is -2.28. The molecule has 0 radical (unpaired) electrons. The van der Waals surface area contributed by atoms with E-state index in [1.165, 1.54) is 0 Å². The number of nitrogens with zero attached hydrogens (tertiary/aromatic N) is 3. The van der Waals surface area contributed by atoms with Crippen LogP contribution in [0.5, 0.6) is 0 Å². The Labute approximate surface area is 147 Å². The highest BCUT2D eigenvalue weighted by Gasteiger charge is 2.33. The molecule has 6 heteroatoms. The summed E-state index contributed by atoms with van der Waals surface area (Å²) in [4.78, 5) is 31.5. The van der Waals surface area contributed by atoms with Gasteiger partial charge >= 0.3 is 0 Å². The molecule has 1 aliphatic heterocycles. The van der Waals surface area contributed by atoms with Crippen LogP contribution in [0.4, 0.5) is 0 Å². The summed E-state index contributed by atoms with van der Waals surface area (Å²) >= 11 is 0. The molecular weight excluding hydrogens is 316 g/mol. The second-order valence-electron chi connectivity index (χ2n) is 6.65. The minimum absolute atomic E-state index is 0.0991. The number of imidazole rings is 1. The van der Waals surface area contributed by atoms with Gasteiger partial charge < -0.3 is 14.8 Å². The normalized spacial score (nSPS) is 18.1. The van der Waals surface area contributed by atoms with E-state index in [9.17, 15) is 9.59 Å². The smallest absolute Gasteiger partial charge is 0.274 e. The maximum absolute atomic E-state index is 13.0. The van der Waals surface area contributed by atoms with Crippen LogP contribution in [-0.2, 0) is 11.2 Å². The number of hydrogen-bond donors (Lipinski definition) is 1. The van der Waals surface area contributed by atoms with Gasteiger partial charge in [-0.25, -0.2) is 4.98 Å². The Morgan fingerprint density at radius 3 is 2.76 bits per heavy atom. The molecule has 25 heavy (non-hydrogen) atoms. The van der Waals surface area contributed by atoms with E-state index in [0.717, 1.165) is 12.0 Å². The Morgan fingerprint density at radius 2 is 2.08 bits per heavy atom. The van der Waals surface area contributed by atoms with Crippen molar-refractivity contribution in [1.29, 1.82) is 0 Å². The minimum Gasteiger partial charge on any atom is -0.354 e. The molecule has 0 bridgehead atoms. The summed E-state index contributed by atoms with van der Waals surface area (Å²) in [7, 11) is 0. The Morgan fingerprint density at radius 1 is 1.32 bits per heavy atom. The van der Waals surface area contributed by atoms with Crippen molar-refractivity contribution >= 4 is 11.8 Å². The third kappa shape index (κ3) is 3.90. The van der Waals surface area contributed by atoms with E-state index >= 15 is 0 Å². The van der Waals surface area contributed by atoms with Crippen LogP contribution in [0, 0.1) is 0 Å². The van der Waals surface area contributed by atoms with Crippen molar-refractivity contribution in [3.63, 3.8) is 0 Å². The predicted octanol–water partition coefficient (Wildman–Crippen LogP) is 2.04. The molecule has 0 saturated carbocycles. The zero-order chi connectivity index (χ0) is 17.8. The standard InChI is InChI=1S/C19H24N4O2/c1-14(2)22-12-16(21-13-22)19(25)23-10-6-9-20-18(24)17(23)11-15-7-4-3-5-8-15/h3-5,7-8,12-14,17H,6,9-11H2,1-2H3,(H,20,24). The van der Waals surface area contributed by atoms with E-state index in [2.05, 4.69) is 10.3 Å². The average molecular weight is 340 g/mol. The van der Waals surface area contributed by atoms with Crippen LogP contribution in [-0.4, -0.2) is 45.4 Å². The molecular formula is C19H24N4O2. The Balaban J connectivity index is 1.86. The molecule has 1 fully saturated rings. The summed E-state index contributed by atoms with van der Waals surface area (Å²) in [5, 5.41) is 2.92. The second kappa shape index (κ2) is 7.51. The van der Waals surface area contributed by atoms with Gasteiger partial charge in [-0.15, -0.1) is 0 Å². The van der Waals surface area contributed by atoms with Gasteiger partial charge in [-0.2, -0.15) is 0 Å². The van der Waals surface area contributed by atoms with Gasteiger partial charge in [-0.1, -0.05) is 30.3 Å². The molecule has 132 valence electrons. The Hall–Kier alpha value is -2.63. The highest BCUT2D eigenvalue weighted by Crippen LogP contribution is 2.16. The van der Waals surface area contributed by atoms with Crippen LogP contribution in [0.3, 0.4) is 0 Å². The fourth-order valence-electron chi connectivity index (χ4n) is 3.04. The van der Waals surface area contributed by atoms with Crippen molar-refractivity contribution < 1.29 is 9.59 Å². The predicted molar refractivity (Wildman–Crippen MR) is 95.2 cm³/mol. The van der Waals surface area contributed by atoms with Crippen LogP contribution in [0.25, 0.3) is 0 Å². The number of hydrogen-bond acceptors (Lipinski definition) is 3. The minimum atomic E-state index is -0.512.